The number of carbonyl (C=O) groups excluding carboxylic acids is 3. The molecule has 0 fully saturated rings. The Labute approximate surface area is 277 Å². The molecule has 0 saturated carbocycles. The molecule has 0 radical (unpaired) electrons. The molecule has 0 spiro atoms. The monoisotopic (exact) mass is 659 g/mol. The second-order valence-corrected chi connectivity index (χ2v) is 11.6. The Balaban J connectivity index is 3.33. The molecule has 3 amide bonds. The quantitative estimate of drug-likeness (QED) is 0.0709. The molecule has 270 valence electrons. The van der Waals surface area contributed by atoms with Gasteiger partial charge in [0.05, 0.1) is 39.6 Å². The zero-order chi connectivity index (χ0) is 33.8. The van der Waals surface area contributed by atoms with E-state index in [-0.39, 0.29) is 57.4 Å². The fourth-order valence-corrected chi connectivity index (χ4v) is 4.64. The molecular formula is C34H65N3O9. The maximum absolute atomic E-state index is 12.0. The van der Waals surface area contributed by atoms with E-state index in [0.717, 1.165) is 32.1 Å². The zero-order valence-corrected chi connectivity index (χ0v) is 28.7. The Kier molecular flexibility index (Phi) is 33.8. The van der Waals surface area contributed by atoms with Gasteiger partial charge in [-0.1, -0.05) is 90.4 Å². The van der Waals surface area contributed by atoms with Crippen LogP contribution in [0.4, 0.5) is 0 Å². The molecule has 0 saturated heterocycles. The van der Waals surface area contributed by atoms with E-state index in [4.69, 9.17) is 24.1 Å². The SMILES string of the molecule is CCCCCCCCCCCCCCCC(=O)NCCCCCC(=O)NCCOCCOCC(=O)NCCOCCOCC(=O)O. The van der Waals surface area contributed by atoms with Crippen molar-refractivity contribution in [3.63, 3.8) is 0 Å². The molecule has 0 heterocycles. The lowest BCUT2D eigenvalue weighted by Crippen LogP contribution is -2.31. The number of aliphatic carboxylic acids is 1. The van der Waals surface area contributed by atoms with E-state index in [9.17, 15) is 19.2 Å². The van der Waals surface area contributed by atoms with Crippen LogP contribution in [-0.2, 0) is 38.1 Å². The van der Waals surface area contributed by atoms with E-state index in [0.29, 0.717) is 45.7 Å². The molecule has 0 aliphatic heterocycles. The predicted molar refractivity (Wildman–Crippen MR) is 179 cm³/mol. The molecule has 12 nitrogen and oxygen atoms in total. The van der Waals surface area contributed by atoms with E-state index >= 15 is 0 Å². The van der Waals surface area contributed by atoms with Crippen LogP contribution < -0.4 is 16.0 Å². The van der Waals surface area contributed by atoms with Crippen molar-refractivity contribution in [3.8, 4) is 0 Å². The van der Waals surface area contributed by atoms with E-state index in [1.807, 2.05) is 0 Å². The van der Waals surface area contributed by atoms with Crippen LogP contribution in [0.3, 0.4) is 0 Å². The third-order valence-electron chi connectivity index (χ3n) is 7.25. The first-order valence-corrected chi connectivity index (χ1v) is 17.8. The van der Waals surface area contributed by atoms with Gasteiger partial charge in [0.1, 0.15) is 13.2 Å². The van der Waals surface area contributed by atoms with Crippen LogP contribution in [0.5, 0.6) is 0 Å². The summed E-state index contributed by atoms with van der Waals surface area (Å²) in [6.07, 6.45) is 20.5. The maximum atomic E-state index is 12.0. The first kappa shape index (κ1) is 43.7. The van der Waals surface area contributed by atoms with E-state index in [1.54, 1.807) is 0 Å². The van der Waals surface area contributed by atoms with Crippen LogP contribution in [0.2, 0.25) is 0 Å². The van der Waals surface area contributed by atoms with Crippen molar-refractivity contribution in [3.05, 3.63) is 0 Å². The van der Waals surface area contributed by atoms with E-state index in [2.05, 4.69) is 22.9 Å². The van der Waals surface area contributed by atoms with Gasteiger partial charge in [-0.2, -0.15) is 0 Å². The van der Waals surface area contributed by atoms with E-state index in [1.165, 1.54) is 70.6 Å². The second kappa shape index (κ2) is 35.6. The van der Waals surface area contributed by atoms with Gasteiger partial charge in [0.2, 0.25) is 17.7 Å². The number of carboxylic acids is 1. The van der Waals surface area contributed by atoms with Crippen molar-refractivity contribution < 1.29 is 43.2 Å². The number of ether oxygens (including phenoxy) is 4. The number of amides is 3. The molecule has 0 unspecified atom stereocenters. The van der Waals surface area contributed by atoms with Gasteiger partial charge in [-0.3, -0.25) is 14.4 Å². The first-order chi connectivity index (χ1) is 22.5. The van der Waals surface area contributed by atoms with Gasteiger partial charge in [0.25, 0.3) is 0 Å². The van der Waals surface area contributed by atoms with Gasteiger partial charge in [-0.05, 0) is 19.3 Å². The minimum atomic E-state index is -1.03. The van der Waals surface area contributed by atoms with Crippen molar-refractivity contribution >= 4 is 23.7 Å². The molecule has 0 aliphatic carbocycles. The summed E-state index contributed by atoms with van der Waals surface area (Å²) in [4.78, 5) is 45.9. The van der Waals surface area contributed by atoms with Gasteiger partial charge >= 0.3 is 5.97 Å². The first-order valence-electron chi connectivity index (χ1n) is 17.8. The van der Waals surface area contributed by atoms with Crippen molar-refractivity contribution in [2.24, 2.45) is 0 Å². The molecule has 0 rings (SSSR count). The molecular weight excluding hydrogens is 594 g/mol. The van der Waals surface area contributed by atoms with Gasteiger partial charge in [0.15, 0.2) is 0 Å². The smallest absolute Gasteiger partial charge is 0.329 e. The summed E-state index contributed by atoms with van der Waals surface area (Å²) < 4.78 is 20.7. The van der Waals surface area contributed by atoms with Crippen LogP contribution >= 0.6 is 0 Å². The van der Waals surface area contributed by atoms with Crippen LogP contribution in [0.25, 0.3) is 0 Å². The molecule has 0 aliphatic rings. The maximum Gasteiger partial charge on any atom is 0.329 e. The normalized spacial score (nSPS) is 11.0. The second-order valence-electron chi connectivity index (χ2n) is 11.6. The molecule has 0 aromatic carbocycles. The summed E-state index contributed by atoms with van der Waals surface area (Å²) in [6.45, 7) is 4.84. The number of carbonyl (C=O) groups is 4. The summed E-state index contributed by atoms with van der Waals surface area (Å²) >= 11 is 0. The van der Waals surface area contributed by atoms with Crippen molar-refractivity contribution in [1.29, 1.82) is 0 Å². The summed E-state index contributed by atoms with van der Waals surface area (Å²) in [7, 11) is 0. The Morgan fingerprint density at radius 1 is 0.435 bits per heavy atom. The number of nitrogens with one attached hydrogen (secondary N) is 3. The Hall–Kier alpha value is -2.28. The topological polar surface area (TPSA) is 162 Å². The lowest BCUT2D eigenvalue weighted by molar-refractivity contribution is -0.142. The van der Waals surface area contributed by atoms with Crippen LogP contribution in [0, 0.1) is 0 Å². The van der Waals surface area contributed by atoms with Gasteiger partial charge in [0, 0.05) is 32.5 Å². The molecule has 0 aromatic heterocycles. The zero-order valence-electron chi connectivity index (χ0n) is 28.7. The Bertz CT molecular complexity index is 741. The molecule has 0 aromatic rings. The van der Waals surface area contributed by atoms with Crippen LogP contribution in [-0.4, -0.2) is 101 Å². The van der Waals surface area contributed by atoms with Crippen LogP contribution in [0.15, 0.2) is 0 Å². The third-order valence-corrected chi connectivity index (χ3v) is 7.25. The van der Waals surface area contributed by atoms with Crippen molar-refractivity contribution in [1.82, 2.24) is 16.0 Å². The summed E-state index contributed by atoms with van der Waals surface area (Å²) in [5, 5.41) is 16.9. The van der Waals surface area contributed by atoms with Gasteiger partial charge < -0.3 is 40.0 Å². The number of hydrogen-bond donors (Lipinski definition) is 4. The molecule has 12 heteroatoms. The molecule has 0 bridgehead atoms. The van der Waals surface area contributed by atoms with Crippen molar-refractivity contribution in [2.45, 2.75) is 122 Å². The minimum Gasteiger partial charge on any atom is -0.480 e. The summed E-state index contributed by atoms with van der Waals surface area (Å²) in [5.41, 5.74) is 0. The Morgan fingerprint density at radius 2 is 0.826 bits per heavy atom. The molecule has 0 atom stereocenters. The standard InChI is InChI=1S/C34H65N3O9/c1-2-3-4-5-6-7-8-9-10-11-12-13-15-18-31(38)35-20-17-14-16-19-32(39)36-21-23-43-25-27-45-29-33(40)37-22-24-44-26-28-46-30-34(41)42/h2-30H2,1H3,(H,35,38)(H,36,39)(H,37,40)(H,41,42). The number of unbranched alkanes of at least 4 members (excludes halogenated alkanes) is 14. The fraction of sp³-hybridized carbons (Fsp3) is 0.882. The highest BCUT2D eigenvalue weighted by Crippen LogP contribution is 2.13. The van der Waals surface area contributed by atoms with E-state index < -0.39 is 5.97 Å². The predicted octanol–water partition coefficient (Wildman–Crippen LogP) is 4.53. The average Bonchev–Trinajstić information content (AvgIpc) is 3.03. The third kappa shape index (κ3) is 36.2. The highest BCUT2D eigenvalue weighted by atomic mass is 16.5. The summed E-state index contributed by atoms with van der Waals surface area (Å²) in [6, 6.07) is 0. The Morgan fingerprint density at radius 3 is 1.33 bits per heavy atom. The fourth-order valence-electron chi connectivity index (χ4n) is 4.64. The minimum absolute atomic E-state index is 0.0141. The highest BCUT2D eigenvalue weighted by Gasteiger charge is 2.04. The molecule has 46 heavy (non-hydrogen) atoms. The number of hydrogen-bond acceptors (Lipinski definition) is 8. The number of rotatable bonds is 36. The number of carboxylic acid groups (broad SMARTS) is 1. The average molecular weight is 660 g/mol. The largest absolute Gasteiger partial charge is 0.480 e. The van der Waals surface area contributed by atoms with Crippen LogP contribution in [0.1, 0.15) is 122 Å². The van der Waals surface area contributed by atoms with Crippen molar-refractivity contribution in [2.75, 3.05) is 72.5 Å². The van der Waals surface area contributed by atoms with Gasteiger partial charge in [-0.15, -0.1) is 0 Å². The molecule has 4 N–H and O–H groups in total. The highest BCUT2D eigenvalue weighted by molar-refractivity contribution is 5.77. The lowest BCUT2D eigenvalue weighted by Gasteiger charge is -2.08. The van der Waals surface area contributed by atoms with Gasteiger partial charge in [-0.25, -0.2) is 4.79 Å². The summed E-state index contributed by atoms with van der Waals surface area (Å²) in [5.74, 6) is -1.18. The lowest BCUT2D eigenvalue weighted by atomic mass is 10.0.